The molecule has 0 atom stereocenters. The molecule has 0 bridgehead atoms. The first-order valence-electron chi connectivity index (χ1n) is 6.52. The topological polar surface area (TPSA) is 38.3 Å². The molecule has 1 fully saturated rings. The minimum atomic E-state index is -0.222. The zero-order valence-electron chi connectivity index (χ0n) is 11.2. The van der Waals surface area contributed by atoms with Crippen molar-refractivity contribution in [2.45, 2.75) is 26.2 Å². The second-order valence-electron chi connectivity index (χ2n) is 5.13. The molecule has 1 N–H and O–H groups in total. The minimum Gasteiger partial charge on any atom is -0.469 e. The van der Waals surface area contributed by atoms with E-state index >= 15 is 0 Å². The van der Waals surface area contributed by atoms with Gasteiger partial charge in [0.05, 0.1) is 12.5 Å². The van der Waals surface area contributed by atoms with Crippen LogP contribution in [0.25, 0.3) is 0 Å². The zero-order chi connectivity index (χ0) is 13.0. The first-order chi connectivity index (χ1) is 8.68. The number of carbonyl (C=O) groups is 1. The molecule has 0 saturated heterocycles. The van der Waals surface area contributed by atoms with Crippen molar-refractivity contribution in [3.63, 3.8) is 0 Å². The van der Waals surface area contributed by atoms with Crippen LogP contribution in [0.3, 0.4) is 0 Å². The van der Waals surface area contributed by atoms with E-state index < -0.39 is 0 Å². The van der Waals surface area contributed by atoms with Crippen molar-refractivity contribution in [2.24, 2.45) is 5.41 Å². The van der Waals surface area contributed by atoms with Gasteiger partial charge in [-0.05, 0) is 43.9 Å². The van der Waals surface area contributed by atoms with Crippen molar-refractivity contribution < 1.29 is 9.53 Å². The van der Waals surface area contributed by atoms with Gasteiger partial charge in [-0.2, -0.15) is 0 Å². The quantitative estimate of drug-likeness (QED) is 0.618. The summed E-state index contributed by atoms with van der Waals surface area (Å²) in [6.07, 6.45) is 2.91. The van der Waals surface area contributed by atoms with E-state index in [0.717, 1.165) is 32.4 Å². The van der Waals surface area contributed by atoms with Gasteiger partial charge in [0.15, 0.2) is 0 Å². The van der Waals surface area contributed by atoms with Gasteiger partial charge in [-0.25, -0.2) is 0 Å². The zero-order valence-corrected chi connectivity index (χ0v) is 11.2. The molecule has 1 aliphatic rings. The third-order valence-electron chi connectivity index (χ3n) is 3.77. The van der Waals surface area contributed by atoms with E-state index in [0.29, 0.717) is 0 Å². The highest BCUT2D eigenvalue weighted by atomic mass is 16.5. The van der Waals surface area contributed by atoms with Gasteiger partial charge in [-0.1, -0.05) is 24.3 Å². The number of rotatable bonds is 6. The summed E-state index contributed by atoms with van der Waals surface area (Å²) in [5, 5.41) is 3.38. The summed E-state index contributed by atoms with van der Waals surface area (Å²) in [4.78, 5) is 11.6. The van der Waals surface area contributed by atoms with E-state index in [1.165, 1.54) is 18.2 Å². The van der Waals surface area contributed by atoms with Gasteiger partial charge < -0.3 is 10.1 Å². The minimum absolute atomic E-state index is 0.0640. The van der Waals surface area contributed by atoms with Crippen LogP contribution in [0.1, 0.15) is 24.0 Å². The first kappa shape index (κ1) is 13.1. The van der Waals surface area contributed by atoms with E-state index in [4.69, 9.17) is 4.74 Å². The standard InChI is InChI=1S/C15H21NO2/c1-12-5-3-4-6-13(12)7-10-16-11-15(8-9-15)14(17)18-2/h3-6,16H,7-11H2,1-2H3. The lowest BCUT2D eigenvalue weighted by Crippen LogP contribution is -2.32. The molecule has 0 spiro atoms. The second kappa shape index (κ2) is 5.53. The number of ether oxygens (including phenoxy) is 1. The van der Waals surface area contributed by atoms with Crippen molar-refractivity contribution in [3.8, 4) is 0 Å². The maximum Gasteiger partial charge on any atom is 0.313 e. The average Bonchev–Trinajstić information content (AvgIpc) is 3.17. The van der Waals surface area contributed by atoms with E-state index in [-0.39, 0.29) is 11.4 Å². The molecule has 2 rings (SSSR count). The van der Waals surface area contributed by atoms with E-state index in [2.05, 4.69) is 36.5 Å². The Balaban J connectivity index is 1.74. The Hall–Kier alpha value is -1.35. The molecule has 0 radical (unpaired) electrons. The van der Waals surface area contributed by atoms with Crippen LogP contribution in [0.15, 0.2) is 24.3 Å². The van der Waals surface area contributed by atoms with Gasteiger partial charge >= 0.3 is 5.97 Å². The van der Waals surface area contributed by atoms with Crippen LogP contribution in [0.5, 0.6) is 0 Å². The van der Waals surface area contributed by atoms with Crippen molar-refractivity contribution >= 4 is 5.97 Å². The summed E-state index contributed by atoms with van der Waals surface area (Å²) >= 11 is 0. The third-order valence-corrected chi connectivity index (χ3v) is 3.77. The number of carbonyl (C=O) groups excluding carboxylic acids is 1. The summed E-state index contributed by atoms with van der Waals surface area (Å²) in [6.45, 7) is 3.78. The molecule has 1 aromatic rings. The van der Waals surface area contributed by atoms with Crippen LogP contribution in [-0.4, -0.2) is 26.2 Å². The molecule has 98 valence electrons. The number of benzene rings is 1. The Morgan fingerprint density at radius 2 is 2.11 bits per heavy atom. The largest absolute Gasteiger partial charge is 0.469 e. The molecule has 1 aromatic carbocycles. The fraction of sp³-hybridized carbons (Fsp3) is 0.533. The molecule has 0 heterocycles. The molecular weight excluding hydrogens is 226 g/mol. The normalized spacial score (nSPS) is 16.3. The van der Waals surface area contributed by atoms with Crippen LogP contribution in [0, 0.1) is 12.3 Å². The van der Waals surface area contributed by atoms with Gasteiger partial charge in [-0.15, -0.1) is 0 Å². The molecule has 0 aliphatic heterocycles. The molecule has 3 nitrogen and oxygen atoms in total. The summed E-state index contributed by atoms with van der Waals surface area (Å²) in [5.41, 5.74) is 2.47. The molecule has 0 unspecified atom stereocenters. The lowest BCUT2D eigenvalue weighted by atomic mass is 10.1. The monoisotopic (exact) mass is 247 g/mol. The van der Waals surface area contributed by atoms with Gasteiger partial charge in [0.2, 0.25) is 0 Å². The fourth-order valence-corrected chi connectivity index (χ4v) is 2.26. The van der Waals surface area contributed by atoms with E-state index in [1.807, 2.05) is 0 Å². The first-order valence-corrected chi connectivity index (χ1v) is 6.52. The molecule has 1 saturated carbocycles. The number of methoxy groups -OCH3 is 1. The predicted molar refractivity (Wildman–Crippen MR) is 71.4 cm³/mol. The SMILES string of the molecule is COC(=O)C1(CNCCc2ccccc2C)CC1. The molecule has 0 amide bonds. The Kier molecular flexibility index (Phi) is 4.02. The van der Waals surface area contributed by atoms with Crippen LogP contribution in [-0.2, 0) is 16.0 Å². The van der Waals surface area contributed by atoms with Crippen LogP contribution >= 0.6 is 0 Å². The highest BCUT2D eigenvalue weighted by molar-refractivity contribution is 5.80. The Morgan fingerprint density at radius 1 is 1.39 bits per heavy atom. The number of aryl methyl sites for hydroxylation is 1. The van der Waals surface area contributed by atoms with Crippen LogP contribution in [0.2, 0.25) is 0 Å². The molecule has 1 aliphatic carbocycles. The fourth-order valence-electron chi connectivity index (χ4n) is 2.26. The van der Waals surface area contributed by atoms with Gasteiger partial charge in [0.25, 0.3) is 0 Å². The molecular formula is C15H21NO2. The summed E-state index contributed by atoms with van der Waals surface area (Å²) < 4.78 is 4.83. The van der Waals surface area contributed by atoms with Crippen molar-refractivity contribution in [3.05, 3.63) is 35.4 Å². The number of esters is 1. The van der Waals surface area contributed by atoms with Crippen LogP contribution in [0.4, 0.5) is 0 Å². The lowest BCUT2D eigenvalue weighted by Gasteiger charge is -2.13. The highest BCUT2D eigenvalue weighted by Gasteiger charge is 2.50. The summed E-state index contributed by atoms with van der Waals surface area (Å²) in [6, 6.07) is 8.41. The average molecular weight is 247 g/mol. The number of hydrogen-bond donors (Lipinski definition) is 1. The predicted octanol–water partition coefficient (Wildman–Crippen LogP) is 2.08. The van der Waals surface area contributed by atoms with Crippen LogP contribution < -0.4 is 5.32 Å². The van der Waals surface area contributed by atoms with Gasteiger partial charge in [0.1, 0.15) is 0 Å². The molecule has 0 aromatic heterocycles. The Bertz CT molecular complexity index is 424. The Morgan fingerprint density at radius 3 is 2.72 bits per heavy atom. The van der Waals surface area contributed by atoms with Gasteiger partial charge in [-0.3, -0.25) is 4.79 Å². The van der Waals surface area contributed by atoms with Crippen molar-refractivity contribution in [1.29, 1.82) is 0 Å². The van der Waals surface area contributed by atoms with Crippen molar-refractivity contribution in [1.82, 2.24) is 5.32 Å². The highest BCUT2D eigenvalue weighted by Crippen LogP contribution is 2.45. The summed E-state index contributed by atoms with van der Waals surface area (Å²) in [7, 11) is 1.47. The third kappa shape index (κ3) is 2.91. The number of nitrogens with one attached hydrogen (secondary N) is 1. The maximum absolute atomic E-state index is 11.6. The maximum atomic E-state index is 11.6. The second-order valence-corrected chi connectivity index (χ2v) is 5.13. The molecule has 18 heavy (non-hydrogen) atoms. The lowest BCUT2D eigenvalue weighted by molar-refractivity contribution is -0.146. The molecule has 3 heteroatoms. The summed E-state index contributed by atoms with van der Waals surface area (Å²) in [5.74, 6) is -0.0640. The number of hydrogen-bond acceptors (Lipinski definition) is 3. The van der Waals surface area contributed by atoms with E-state index in [9.17, 15) is 4.79 Å². The Labute approximate surface area is 109 Å². The van der Waals surface area contributed by atoms with E-state index in [1.54, 1.807) is 0 Å². The van der Waals surface area contributed by atoms with Crippen molar-refractivity contribution in [2.75, 3.05) is 20.2 Å². The van der Waals surface area contributed by atoms with Gasteiger partial charge in [0, 0.05) is 6.54 Å². The smallest absolute Gasteiger partial charge is 0.313 e.